The minimum absolute atomic E-state index is 0.302. The largest absolute Gasteiger partial charge is 0.493 e. The zero-order chi connectivity index (χ0) is 27.0. The molecule has 0 saturated carbocycles. The van der Waals surface area contributed by atoms with E-state index in [9.17, 15) is 9.59 Å². The van der Waals surface area contributed by atoms with E-state index in [1.165, 1.54) is 0 Å². The fraction of sp³-hybridized carbons (Fsp3) is 0.333. The van der Waals surface area contributed by atoms with Gasteiger partial charge in [0.2, 0.25) is 0 Å². The zero-order valence-electron chi connectivity index (χ0n) is 22.0. The van der Waals surface area contributed by atoms with E-state index in [2.05, 4.69) is 25.5 Å². The van der Waals surface area contributed by atoms with E-state index in [-0.39, 0.29) is 12.0 Å². The van der Waals surface area contributed by atoms with Crippen LogP contribution in [0.2, 0.25) is 0 Å². The Kier molecular flexibility index (Phi) is 6.43. The van der Waals surface area contributed by atoms with E-state index in [1.807, 2.05) is 32.9 Å². The van der Waals surface area contributed by atoms with Gasteiger partial charge >= 0.3 is 6.09 Å². The lowest BCUT2D eigenvalue weighted by atomic mass is 9.97. The standard InChI is InChI=1S/C27H30N6O5/c1-27(2,3)38-26(35)33-9-8-15-6-7-16(10-17(15)14-33)25(34)31-20-13-28-32-23(20)24-29-18-11-21(36-4)22(37-5)12-19(18)30-24/h6-7,10-13H,8-9,14H2,1-5H3,(H,28,32)(H,29,30)(H,31,34). The van der Waals surface area contributed by atoms with Crippen LogP contribution in [-0.2, 0) is 17.7 Å². The van der Waals surface area contributed by atoms with Gasteiger partial charge in [0.1, 0.15) is 5.60 Å². The molecule has 0 fully saturated rings. The van der Waals surface area contributed by atoms with Gasteiger partial charge in [-0.25, -0.2) is 9.78 Å². The van der Waals surface area contributed by atoms with Crippen molar-refractivity contribution < 1.29 is 23.8 Å². The van der Waals surface area contributed by atoms with Gasteiger partial charge < -0.3 is 29.4 Å². The second kappa shape index (κ2) is 9.73. The van der Waals surface area contributed by atoms with Crippen LogP contribution in [0.3, 0.4) is 0 Å². The highest BCUT2D eigenvalue weighted by atomic mass is 16.6. The Morgan fingerprint density at radius 3 is 2.55 bits per heavy atom. The lowest BCUT2D eigenvalue weighted by molar-refractivity contribution is 0.0224. The maximum absolute atomic E-state index is 13.2. The van der Waals surface area contributed by atoms with Crippen LogP contribution in [0.4, 0.5) is 10.5 Å². The number of carbonyl (C=O) groups is 2. The van der Waals surface area contributed by atoms with Crippen LogP contribution in [0.15, 0.2) is 36.5 Å². The van der Waals surface area contributed by atoms with E-state index in [0.29, 0.717) is 59.3 Å². The summed E-state index contributed by atoms with van der Waals surface area (Å²) in [5.74, 6) is 1.31. The molecule has 3 heterocycles. The maximum Gasteiger partial charge on any atom is 0.410 e. The third kappa shape index (κ3) is 4.99. The molecule has 1 aliphatic heterocycles. The molecule has 4 aromatic rings. The number of hydrogen-bond acceptors (Lipinski definition) is 7. The van der Waals surface area contributed by atoms with Gasteiger partial charge in [-0.15, -0.1) is 0 Å². The number of H-pyrrole nitrogens is 2. The Bertz CT molecular complexity index is 1480. The molecule has 5 rings (SSSR count). The highest BCUT2D eigenvalue weighted by Crippen LogP contribution is 2.33. The third-order valence-electron chi connectivity index (χ3n) is 6.23. The van der Waals surface area contributed by atoms with Crippen molar-refractivity contribution in [1.29, 1.82) is 0 Å². The van der Waals surface area contributed by atoms with Crippen LogP contribution in [0.25, 0.3) is 22.6 Å². The smallest absolute Gasteiger partial charge is 0.410 e. The number of rotatable bonds is 5. The van der Waals surface area contributed by atoms with Crippen LogP contribution in [-0.4, -0.2) is 63.4 Å². The summed E-state index contributed by atoms with van der Waals surface area (Å²) in [6, 6.07) is 9.11. The Labute approximate surface area is 219 Å². The van der Waals surface area contributed by atoms with Gasteiger partial charge in [-0.2, -0.15) is 5.10 Å². The van der Waals surface area contributed by atoms with Crippen LogP contribution in [0, 0.1) is 0 Å². The molecule has 0 aliphatic carbocycles. The van der Waals surface area contributed by atoms with Crippen molar-refractivity contribution in [2.24, 2.45) is 0 Å². The second-order valence-corrected chi connectivity index (χ2v) is 10.0. The lowest BCUT2D eigenvalue weighted by Gasteiger charge is -2.31. The summed E-state index contributed by atoms with van der Waals surface area (Å²) in [5, 5.41) is 10.0. The quantitative estimate of drug-likeness (QED) is 0.354. The average molecular weight is 519 g/mol. The minimum Gasteiger partial charge on any atom is -0.493 e. The molecule has 0 saturated heterocycles. The van der Waals surface area contributed by atoms with Gasteiger partial charge in [0.25, 0.3) is 5.91 Å². The molecular weight excluding hydrogens is 488 g/mol. The first kappa shape index (κ1) is 25.1. The van der Waals surface area contributed by atoms with Gasteiger partial charge in [-0.1, -0.05) is 6.07 Å². The van der Waals surface area contributed by atoms with Crippen molar-refractivity contribution in [3.8, 4) is 23.0 Å². The number of aromatic amines is 2. The van der Waals surface area contributed by atoms with Crippen molar-refractivity contribution >= 4 is 28.7 Å². The molecule has 0 bridgehead atoms. The first-order valence-corrected chi connectivity index (χ1v) is 12.2. The molecule has 11 heteroatoms. The summed E-state index contributed by atoms with van der Waals surface area (Å²) < 4.78 is 16.3. The molecule has 0 radical (unpaired) electrons. The minimum atomic E-state index is -0.570. The topological polar surface area (TPSA) is 134 Å². The molecule has 11 nitrogen and oxygen atoms in total. The van der Waals surface area contributed by atoms with Crippen molar-refractivity contribution in [2.45, 2.75) is 39.3 Å². The van der Waals surface area contributed by atoms with E-state index in [0.717, 1.165) is 16.6 Å². The molecule has 2 amide bonds. The normalized spacial score (nSPS) is 13.2. The van der Waals surface area contributed by atoms with Crippen molar-refractivity contribution in [1.82, 2.24) is 25.1 Å². The molecular formula is C27H30N6O5. The van der Waals surface area contributed by atoms with E-state index >= 15 is 0 Å². The summed E-state index contributed by atoms with van der Waals surface area (Å²) in [5.41, 5.74) is 4.27. The molecule has 198 valence electrons. The first-order valence-electron chi connectivity index (χ1n) is 12.2. The average Bonchev–Trinajstić information content (AvgIpc) is 3.52. The number of nitrogens with one attached hydrogen (secondary N) is 3. The predicted molar refractivity (Wildman–Crippen MR) is 142 cm³/mol. The Morgan fingerprint density at radius 1 is 1.05 bits per heavy atom. The SMILES string of the molecule is COc1cc2nc(-c3n[nH]cc3NC(=O)c3ccc4c(c3)CN(C(=O)OC(C)(C)C)CC4)[nH]c2cc1OC. The predicted octanol–water partition coefficient (Wildman–Crippen LogP) is 4.52. The molecule has 0 spiro atoms. The van der Waals surface area contributed by atoms with Gasteiger partial charge in [-0.05, 0) is 50.5 Å². The fourth-order valence-electron chi connectivity index (χ4n) is 4.39. The van der Waals surface area contributed by atoms with E-state index < -0.39 is 5.60 Å². The Hall–Kier alpha value is -4.54. The number of benzene rings is 2. The highest BCUT2D eigenvalue weighted by Gasteiger charge is 2.26. The number of aromatic nitrogens is 4. The number of nitrogens with zero attached hydrogens (tertiary/aromatic N) is 3. The summed E-state index contributed by atoms with van der Waals surface area (Å²) in [6.45, 7) is 6.48. The maximum atomic E-state index is 13.2. The molecule has 1 aliphatic rings. The molecule has 0 unspecified atom stereocenters. The van der Waals surface area contributed by atoms with Crippen LogP contribution >= 0.6 is 0 Å². The Balaban J connectivity index is 1.35. The van der Waals surface area contributed by atoms with E-state index in [4.69, 9.17) is 14.2 Å². The molecule has 2 aromatic carbocycles. The van der Waals surface area contributed by atoms with Crippen molar-refractivity contribution in [3.05, 3.63) is 53.2 Å². The van der Waals surface area contributed by atoms with Crippen molar-refractivity contribution in [3.63, 3.8) is 0 Å². The number of ether oxygens (including phenoxy) is 3. The Morgan fingerprint density at radius 2 is 1.82 bits per heavy atom. The van der Waals surface area contributed by atoms with Gasteiger partial charge in [-0.3, -0.25) is 9.89 Å². The van der Waals surface area contributed by atoms with Crippen LogP contribution in [0.1, 0.15) is 42.3 Å². The molecule has 3 N–H and O–H groups in total. The summed E-state index contributed by atoms with van der Waals surface area (Å²) in [7, 11) is 3.13. The molecule has 38 heavy (non-hydrogen) atoms. The molecule has 0 atom stereocenters. The van der Waals surface area contributed by atoms with Crippen LogP contribution < -0.4 is 14.8 Å². The second-order valence-electron chi connectivity index (χ2n) is 10.0. The highest BCUT2D eigenvalue weighted by molar-refractivity contribution is 6.06. The zero-order valence-corrected chi connectivity index (χ0v) is 22.0. The first-order chi connectivity index (χ1) is 18.1. The fourth-order valence-corrected chi connectivity index (χ4v) is 4.39. The monoisotopic (exact) mass is 518 g/mol. The number of anilines is 1. The van der Waals surface area contributed by atoms with Gasteiger partial charge in [0, 0.05) is 37.0 Å². The van der Waals surface area contributed by atoms with Crippen LogP contribution in [0.5, 0.6) is 11.5 Å². The number of carbonyl (C=O) groups excluding carboxylic acids is 2. The lowest BCUT2D eigenvalue weighted by Crippen LogP contribution is -2.40. The number of methoxy groups -OCH3 is 2. The number of hydrogen-bond donors (Lipinski definition) is 3. The van der Waals surface area contributed by atoms with Gasteiger partial charge in [0.15, 0.2) is 23.0 Å². The summed E-state index contributed by atoms with van der Waals surface area (Å²) >= 11 is 0. The van der Waals surface area contributed by atoms with Crippen molar-refractivity contribution in [2.75, 3.05) is 26.1 Å². The van der Waals surface area contributed by atoms with E-state index in [1.54, 1.807) is 43.5 Å². The van der Waals surface area contributed by atoms with Gasteiger partial charge in [0.05, 0.1) is 30.9 Å². The number of fused-ring (bicyclic) bond motifs is 2. The molecule has 2 aromatic heterocycles. The summed E-state index contributed by atoms with van der Waals surface area (Å²) in [6.07, 6.45) is 1.94. The summed E-state index contributed by atoms with van der Waals surface area (Å²) in [4.78, 5) is 35.3. The number of imidazole rings is 1. The number of amides is 2. The third-order valence-corrected chi connectivity index (χ3v) is 6.23.